The van der Waals surface area contributed by atoms with Gasteiger partial charge in [0.05, 0.1) is 5.02 Å². The Morgan fingerprint density at radius 1 is 1.42 bits per heavy atom. The first-order valence-corrected chi connectivity index (χ1v) is 6.04. The number of carbonyl (C=O) groups excluding carboxylic acids is 1. The van der Waals surface area contributed by atoms with Crippen molar-refractivity contribution in [3.05, 3.63) is 23.2 Å². The van der Waals surface area contributed by atoms with E-state index in [0.29, 0.717) is 6.42 Å². The van der Waals surface area contributed by atoms with Crippen LogP contribution >= 0.6 is 11.6 Å². The Balaban J connectivity index is 2.14. The number of amides is 1. The van der Waals surface area contributed by atoms with E-state index in [4.69, 9.17) is 11.6 Å². The van der Waals surface area contributed by atoms with Crippen molar-refractivity contribution in [2.24, 2.45) is 0 Å². The quantitative estimate of drug-likeness (QED) is 0.750. The van der Waals surface area contributed by atoms with E-state index in [1.807, 2.05) is 5.32 Å². The lowest BCUT2D eigenvalue weighted by Crippen LogP contribution is -2.59. The molecule has 0 radical (unpaired) electrons. The molecule has 0 spiro atoms. The summed E-state index contributed by atoms with van der Waals surface area (Å²) in [6.45, 7) is 0. The van der Waals surface area contributed by atoms with Crippen LogP contribution in [0.2, 0.25) is 5.02 Å². The minimum absolute atomic E-state index is 0.0235. The number of halogens is 3. The van der Waals surface area contributed by atoms with Crippen LogP contribution in [-0.2, 0) is 4.79 Å². The molecule has 0 aromatic heterocycles. The molecule has 1 aromatic rings. The van der Waals surface area contributed by atoms with Gasteiger partial charge in [-0.1, -0.05) is 11.6 Å². The summed E-state index contributed by atoms with van der Waals surface area (Å²) in [7, 11) is 0. The molecule has 104 valence electrons. The van der Waals surface area contributed by atoms with Crippen LogP contribution in [0.4, 0.5) is 14.5 Å². The molecule has 1 amide bonds. The monoisotopic (exact) mass is 291 g/mol. The molecule has 0 unspecified atom stereocenters. The molecule has 1 saturated carbocycles. The van der Waals surface area contributed by atoms with Crippen molar-refractivity contribution >= 4 is 23.2 Å². The number of rotatable bonds is 3. The van der Waals surface area contributed by atoms with Crippen LogP contribution in [-0.4, -0.2) is 27.6 Å². The Morgan fingerprint density at radius 3 is 2.53 bits per heavy atom. The highest BCUT2D eigenvalue weighted by Gasteiger charge is 2.61. The van der Waals surface area contributed by atoms with Crippen molar-refractivity contribution in [1.29, 1.82) is 0 Å². The molecule has 0 saturated heterocycles. The number of nitrogens with one attached hydrogen (secondary N) is 1. The topological polar surface area (TPSA) is 69.6 Å². The number of aliphatic hydroxyl groups is 1. The van der Waals surface area contributed by atoms with Crippen molar-refractivity contribution in [1.82, 2.24) is 0 Å². The summed E-state index contributed by atoms with van der Waals surface area (Å²) in [5, 5.41) is 20.7. The highest BCUT2D eigenvalue weighted by molar-refractivity contribution is 6.32. The summed E-state index contributed by atoms with van der Waals surface area (Å²) in [5.41, 5.74) is -2.24. The SMILES string of the molecule is O=C(Nc1ccc(O)c(Cl)c1)C(F)(F)C1(O)CCC1. The molecule has 0 heterocycles. The van der Waals surface area contributed by atoms with Gasteiger partial charge < -0.3 is 15.5 Å². The standard InChI is InChI=1S/C12H12ClF2NO3/c13-8-6-7(2-3-9(8)17)16-10(18)12(14,15)11(19)4-1-5-11/h2-3,6,17,19H,1,4-5H2,(H,16,18). The van der Waals surface area contributed by atoms with Crippen LogP contribution in [0.5, 0.6) is 5.75 Å². The molecule has 4 nitrogen and oxygen atoms in total. The number of phenolic OH excluding ortho intramolecular Hbond substituents is 1. The maximum absolute atomic E-state index is 13.8. The number of alkyl halides is 2. The van der Waals surface area contributed by atoms with E-state index < -0.39 is 17.4 Å². The first kappa shape index (κ1) is 14.0. The van der Waals surface area contributed by atoms with Gasteiger partial charge in [-0.25, -0.2) is 0 Å². The lowest BCUT2D eigenvalue weighted by atomic mass is 9.75. The van der Waals surface area contributed by atoms with Gasteiger partial charge in [0.2, 0.25) is 0 Å². The normalized spacial score (nSPS) is 17.7. The second-order valence-corrected chi connectivity index (χ2v) is 4.99. The van der Waals surface area contributed by atoms with Crippen LogP contribution in [0.1, 0.15) is 19.3 Å². The Hall–Kier alpha value is -1.40. The van der Waals surface area contributed by atoms with Crippen LogP contribution in [0, 0.1) is 0 Å². The van der Waals surface area contributed by atoms with Gasteiger partial charge in [0.1, 0.15) is 11.4 Å². The predicted molar refractivity (Wildman–Crippen MR) is 65.5 cm³/mol. The Kier molecular flexibility index (Phi) is 3.40. The van der Waals surface area contributed by atoms with Gasteiger partial charge in [0, 0.05) is 5.69 Å². The molecule has 19 heavy (non-hydrogen) atoms. The molecule has 1 aromatic carbocycles. The molecule has 2 rings (SSSR count). The highest BCUT2D eigenvalue weighted by atomic mass is 35.5. The summed E-state index contributed by atoms with van der Waals surface area (Å²) >= 11 is 5.60. The van der Waals surface area contributed by atoms with E-state index in [2.05, 4.69) is 0 Å². The lowest BCUT2D eigenvalue weighted by molar-refractivity contribution is -0.212. The van der Waals surface area contributed by atoms with Gasteiger partial charge in [-0.2, -0.15) is 8.78 Å². The summed E-state index contributed by atoms with van der Waals surface area (Å²) in [6, 6.07) is 3.56. The van der Waals surface area contributed by atoms with E-state index in [0.717, 1.165) is 6.07 Å². The fraction of sp³-hybridized carbons (Fsp3) is 0.417. The first-order chi connectivity index (χ1) is 8.76. The fourth-order valence-electron chi connectivity index (χ4n) is 1.83. The van der Waals surface area contributed by atoms with E-state index in [1.165, 1.54) is 12.1 Å². The van der Waals surface area contributed by atoms with Crippen molar-refractivity contribution < 1.29 is 23.8 Å². The number of phenols is 1. The average molecular weight is 292 g/mol. The summed E-state index contributed by atoms with van der Waals surface area (Å²) in [4.78, 5) is 11.5. The molecule has 1 aliphatic rings. The van der Waals surface area contributed by atoms with Crippen molar-refractivity contribution in [2.75, 3.05) is 5.32 Å². The van der Waals surface area contributed by atoms with Gasteiger partial charge in [-0.05, 0) is 37.5 Å². The third-order valence-corrected chi connectivity index (χ3v) is 3.56. The first-order valence-electron chi connectivity index (χ1n) is 5.66. The van der Waals surface area contributed by atoms with Crippen molar-refractivity contribution in [3.63, 3.8) is 0 Å². The maximum Gasteiger partial charge on any atom is 0.352 e. The Labute approximate surface area is 113 Å². The largest absolute Gasteiger partial charge is 0.506 e. The molecule has 7 heteroatoms. The summed E-state index contributed by atoms with van der Waals surface area (Å²) in [5.74, 6) is -5.67. The highest BCUT2D eigenvalue weighted by Crippen LogP contribution is 2.44. The molecule has 1 fully saturated rings. The van der Waals surface area contributed by atoms with Crippen molar-refractivity contribution in [3.8, 4) is 5.75 Å². The zero-order valence-electron chi connectivity index (χ0n) is 9.79. The van der Waals surface area contributed by atoms with Crippen LogP contribution in [0.15, 0.2) is 18.2 Å². The predicted octanol–water partition coefficient (Wildman–Crippen LogP) is 2.53. The summed E-state index contributed by atoms with van der Waals surface area (Å²) in [6.07, 6.45) is 0.248. The number of carbonyl (C=O) groups is 1. The van der Waals surface area contributed by atoms with E-state index in [9.17, 15) is 23.8 Å². The maximum atomic E-state index is 13.8. The minimum Gasteiger partial charge on any atom is -0.506 e. The average Bonchev–Trinajstić information content (AvgIpc) is 2.30. The molecular formula is C12H12ClF2NO3. The van der Waals surface area contributed by atoms with Crippen LogP contribution < -0.4 is 5.32 Å². The second kappa shape index (κ2) is 4.61. The van der Waals surface area contributed by atoms with Crippen molar-refractivity contribution in [2.45, 2.75) is 30.8 Å². The zero-order valence-corrected chi connectivity index (χ0v) is 10.5. The van der Waals surface area contributed by atoms with Crippen LogP contribution in [0.3, 0.4) is 0 Å². The number of hydrogen-bond acceptors (Lipinski definition) is 3. The van der Waals surface area contributed by atoms with E-state index in [1.54, 1.807) is 0 Å². The van der Waals surface area contributed by atoms with Gasteiger partial charge in [-0.15, -0.1) is 0 Å². The van der Waals surface area contributed by atoms with E-state index >= 15 is 0 Å². The van der Waals surface area contributed by atoms with Gasteiger partial charge >= 0.3 is 5.92 Å². The second-order valence-electron chi connectivity index (χ2n) is 4.58. The van der Waals surface area contributed by atoms with Gasteiger partial charge in [0.25, 0.3) is 5.91 Å². The number of benzene rings is 1. The minimum atomic E-state index is -3.87. The molecule has 1 aliphatic carbocycles. The fourth-order valence-corrected chi connectivity index (χ4v) is 2.01. The number of anilines is 1. The van der Waals surface area contributed by atoms with Gasteiger partial charge in [0.15, 0.2) is 0 Å². The lowest BCUT2D eigenvalue weighted by Gasteiger charge is -2.41. The molecule has 0 atom stereocenters. The van der Waals surface area contributed by atoms with E-state index in [-0.39, 0.29) is 29.3 Å². The molecule has 0 aliphatic heterocycles. The number of aromatic hydroxyl groups is 1. The number of hydrogen-bond donors (Lipinski definition) is 3. The Morgan fingerprint density at radius 2 is 2.05 bits per heavy atom. The smallest absolute Gasteiger partial charge is 0.352 e. The van der Waals surface area contributed by atoms with Gasteiger partial charge in [-0.3, -0.25) is 4.79 Å². The Bertz CT molecular complexity index is 518. The molecular weight excluding hydrogens is 280 g/mol. The van der Waals surface area contributed by atoms with Crippen LogP contribution in [0.25, 0.3) is 0 Å². The summed E-state index contributed by atoms with van der Waals surface area (Å²) < 4.78 is 27.5. The third kappa shape index (κ3) is 2.37. The molecule has 3 N–H and O–H groups in total. The third-order valence-electron chi connectivity index (χ3n) is 3.26. The molecule has 0 bridgehead atoms. The zero-order chi connectivity index (χ0) is 14.3.